The molecule has 22 heavy (non-hydrogen) atoms. The molecule has 0 spiro atoms. The fourth-order valence-corrected chi connectivity index (χ4v) is 3.94. The van der Waals surface area contributed by atoms with E-state index in [4.69, 9.17) is 0 Å². The van der Waals surface area contributed by atoms with Crippen LogP contribution in [0.5, 0.6) is 0 Å². The highest BCUT2D eigenvalue weighted by Crippen LogP contribution is 2.41. The lowest BCUT2D eigenvalue weighted by molar-refractivity contribution is 0.214. The van der Waals surface area contributed by atoms with Crippen LogP contribution in [0.3, 0.4) is 0 Å². The third-order valence-corrected chi connectivity index (χ3v) is 5.46. The van der Waals surface area contributed by atoms with Gasteiger partial charge in [0, 0.05) is 0 Å². The predicted octanol–water partition coefficient (Wildman–Crippen LogP) is 6.79. The molecule has 0 nitrogen and oxygen atoms in total. The van der Waals surface area contributed by atoms with Gasteiger partial charge in [-0.05, 0) is 52.2 Å². The van der Waals surface area contributed by atoms with Crippen LogP contribution in [0, 0.1) is 5.41 Å². The Morgan fingerprint density at radius 1 is 0.864 bits per heavy atom. The zero-order valence-electron chi connectivity index (χ0n) is 16.0. The number of hydrogen-bond donors (Lipinski definition) is 0. The molecule has 0 heteroatoms. The first-order chi connectivity index (χ1) is 10.0. The van der Waals surface area contributed by atoms with Crippen molar-refractivity contribution in [3.8, 4) is 0 Å². The minimum atomic E-state index is 0.224. The van der Waals surface area contributed by atoms with Gasteiger partial charge in [0.05, 0.1) is 0 Å². The van der Waals surface area contributed by atoms with Crippen molar-refractivity contribution in [1.29, 1.82) is 0 Å². The van der Waals surface area contributed by atoms with Gasteiger partial charge in [0.2, 0.25) is 0 Å². The summed E-state index contributed by atoms with van der Waals surface area (Å²) in [7, 11) is 0. The lowest BCUT2D eigenvalue weighted by atomic mass is 9.69. The van der Waals surface area contributed by atoms with Crippen LogP contribution in [0.4, 0.5) is 0 Å². The van der Waals surface area contributed by atoms with Gasteiger partial charge in [-0.15, -0.1) is 0 Å². The molecule has 1 fully saturated rings. The summed E-state index contributed by atoms with van der Waals surface area (Å²) in [5.74, 6) is 0. The first kappa shape index (κ1) is 17.6. The van der Waals surface area contributed by atoms with Gasteiger partial charge in [-0.3, -0.25) is 0 Å². The van der Waals surface area contributed by atoms with Crippen molar-refractivity contribution < 1.29 is 0 Å². The van der Waals surface area contributed by atoms with E-state index in [1.165, 1.54) is 44.1 Å². The van der Waals surface area contributed by atoms with Crippen LogP contribution in [0.1, 0.15) is 97.3 Å². The van der Waals surface area contributed by atoms with Crippen molar-refractivity contribution >= 4 is 0 Å². The summed E-state index contributed by atoms with van der Waals surface area (Å²) >= 11 is 0. The van der Waals surface area contributed by atoms with Crippen molar-refractivity contribution in [2.24, 2.45) is 5.41 Å². The van der Waals surface area contributed by atoms with Crippen LogP contribution in [0.15, 0.2) is 18.2 Å². The monoisotopic (exact) mass is 300 g/mol. The van der Waals surface area contributed by atoms with Crippen molar-refractivity contribution in [2.75, 3.05) is 0 Å². The van der Waals surface area contributed by atoms with E-state index in [-0.39, 0.29) is 10.8 Å². The Morgan fingerprint density at radius 2 is 1.45 bits per heavy atom. The maximum absolute atomic E-state index is 2.51. The fraction of sp³-hybridized carbons (Fsp3) is 0.727. The lowest BCUT2D eigenvalue weighted by Gasteiger charge is -2.36. The molecule has 1 aromatic rings. The van der Waals surface area contributed by atoms with Gasteiger partial charge in [-0.25, -0.2) is 0 Å². The molecule has 0 aliphatic heterocycles. The Bertz CT molecular complexity index is 502. The van der Waals surface area contributed by atoms with Gasteiger partial charge in [-0.1, -0.05) is 85.9 Å². The second kappa shape index (κ2) is 6.02. The third-order valence-electron chi connectivity index (χ3n) is 5.46. The molecule has 0 atom stereocenters. The number of benzene rings is 1. The summed E-state index contributed by atoms with van der Waals surface area (Å²) in [5.41, 5.74) is 5.59. The molecule has 1 saturated carbocycles. The van der Waals surface area contributed by atoms with Crippen LogP contribution in [0.25, 0.3) is 0 Å². The summed E-state index contributed by atoms with van der Waals surface area (Å²) in [6.07, 6.45) is 8.33. The molecule has 0 radical (unpaired) electrons. The van der Waals surface area contributed by atoms with Gasteiger partial charge in [0.1, 0.15) is 0 Å². The Kier molecular flexibility index (Phi) is 4.81. The van der Waals surface area contributed by atoms with E-state index in [1.54, 1.807) is 11.1 Å². The van der Waals surface area contributed by atoms with Crippen LogP contribution in [0.2, 0.25) is 0 Å². The van der Waals surface area contributed by atoms with Crippen LogP contribution in [-0.2, 0) is 17.3 Å². The van der Waals surface area contributed by atoms with E-state index in [1.807, 2.05) is 0 Å². The molecular weight excluding hydrogens is 264 g/mol. The van der Waals surface area contributed by atoms with Gasteiger partial charge in [0.25, 0.3) is 0 Å². The van der Waals surface area contributed by atoms with Crippen molar-refractivity contribution in [2.45, 2.75) is 97.8 Å². The van der Waals surface area contributed by atoms with E-state index in [9.17, 15) is 0 Å². The van der Waals surface area contributed by atoms with E-state index in [2.05, 4.69) is 66.7 Å². The Hall–Kier alpha value is -0.780. The zero-order chi connectivity index (χ0) is 16.6. The van der Waals surface area contributed by atoms with Crippen molar-refractivity contribution in [3.05, 3.63) is 34.9 Å². The molecule has 2 rings (SSSR count). The lowest BCUT2D eigenvalue weighted by Crippen LogP contribution is -2.26. The van der Waals surface area contributed by atoms with E-state index in [0.717, 1.165) is 0 Å². The summed E-state index contributed by atoms with van der Waals surface area (Å²) in [5, 5.41) is 0. The normalized spacial score (nSPS) is 19.2. The second-order valence-corrected chi connectivity index (χ2v) is 9.92. The quantitative estimate of drug-likeness (QED) is 0.563. The smallest absolute Gasteiger partial charge is 0.0129 e. The molecule has 1 aliphatic rings. The van der Waals surface area contributed by atoms with Gasteiger partial charge in [-0.2, -0.15) is 0 Å². The summed E-state index contributed by atoms with van der Waals surface area (Å²) in [4.78, 5) is 0. The average Bonchev–Trinajstić information content (AvgIpc) is 2.36. The Morgan fingerprint density at radius 3 is 1.95 bits per heavy atom. The molecule has 0 heterocycles. The molecule has 1 aliphatic carbocycles. The summed E-state index contributed by atoms with van der Waals surface area (Å²) < 4.78 is 0. The van der Waals surface area contributed by atoms with E-state index < -0.39 is 0 Å². The fourth-order valence-electron chi connectivity index (χ4n) is 3.94. The minimum Gasteiger partial charge on any atom is -0.0593 e. The molecule has 0 N–H and O–H groups in total. The van der Waals surface area contributed by atoms with Crippen LogP contribution >= 0.6 is 0 Å². The maximum atomic E-state index is 2.51. The van der Waals surface area contributed by atoms with E-state index >= 15 is 0 Å². The highest BCUT2D eigenvalue weighted by Gasteiger charge is 2.30. The number of rotatable bonds is 2. The van der Waals surface area contributed by atoms with E-state index in [0.29, 0.717) is 5.41 Å². The van der Waals surface area contributed by atoms with Gasteiger partial charge in [0.15, 0.2) is 0 Å². The van der Waals surface area contributed by atoms with Crippen LogP contribution in [-0.4, -0.2) is 0 Å². The van der Waals surface area contributed by atoms with Gasteiger partial charge >= 0.3 is 0 Å². The Balaban J connectivity index is 2.38. The predicted molar refractivity (Wildman–Crippen MR) is 98.7 cm³/mol. The summed E-state index contributed by atoms with van der Waals surface area (Å²) in [6, 6.07) is 7.29. The molecule has 0 amide bonds. The average molecular weight is 301 g/mol. The SMILES string of the molecule is CC1(Cc2ccc(C(C)(C)C)cc2C(C)(C)C)CCCCC1. The first-order valence-electron chi connectivity index (χ1n) is 9.15. The minimum absolute atomic E-state index is 0.224. The third kappa shape index (κ3) is 4.15. The topological polar surface area (TPSA) is 0 Å². The largest absolute Gasteiger partial charge is 0.0593 e. The number of hydrogen-bond acceptors (Lipinski definition) is 0. The first-order valence-corrected chi connectivity index (χ1v) is 9.15. The molecule has 0 aromatic heterocycles. The van der Waals surface area contributed by atoms with Gasteiger partial charge < -0.3 is 0 Å². The van der Waals surface area contributed by atoms with Crippen LogP contribution < -0.4 is 0 Å². The molecular formula is C22H36. The molecule has 0 saturated heterocycles. The summed E-state index contributed by atoms with van der Waals surface area (Å²) in [6.45, 7) is 16.5. The standard InChI is InChI=1S/C22H36/c1-20(2,3)18-12-11-17(19(15-18)21(4,5)6)16-22(7)13-9-8-10-14-22/h11-12,15H,8-10,13-14,16H2,1-7H3. The Labute approximate surface area is 138 Å². The molecule has 1 aromatic carbocycles. The second-order valence-electron chi connectivity index (χ2n) is 9.92. The molecule has 124 valence electrons. The highest BCUT2D eigenvalue weighted by atomic mass is 14.3. The van der Waals surface area contributed by atoms with Crippen molar-refractivity contribution in [3.63, 3.8) is 0 Å². The maximum Gasteiger partial charge on any atom is -0.0129 e. The van der Waals surface area contributed by atoms with Crippen molar-refractivity contribution in [1.82, 2.24) is 0 Å². The molecule has 0 unspecified atom stereocenters. The molecule has 0 bridgehead atoms. The highest BCUT2D eigenvalue weighted by molar-refractivity contribution is 5.39. The zero-order valence-corrected chi connectivity index (χ0v) is 16.0.